The SMILES string of the molecule is O=C(O)CCC(=O)NCC(CO)Cc1ccsc1. The summed E-state index contributed by atoms with van der Waals surface area (Å²) in [6, 6.07) is 1.99. The Morgan fingerprint density at radius 3 is 2.72 bits per heavy atom. The first-order chi connectivity index (χ1) is 8.61. The van der Waals surface area contributed by atoms with Crippen molar-refractivity contribution in [3.8, 4) is 0 Å². The monoisotopic (exact) mass is 271 g/mol. The van der Waals surface area contributed by atoms with E-state index in [1.807, 2.05) is 16.8 Å². The number of aliphatic hydroxyl groups excluding tert-OH is 1. The van der Waals surface area contributed by atoms with Crippen LogP contribution < -0.4 is 5.32 Å². The van der Waals surface area contributed by atoms with E-state index < -0.39 is 5.97 Å². The van der Waals surface area contributed by atoms with Crippen LogP contribution in [0, 0.1) is 5.92 Å². The molecule has 3 N–H and O–H groups in total. The van der Waals surface area contributed by atoms with Crippen molar-refractivity contribution >= 4 is 23.2 Å². The number of carbonyl (C=O) groups excluding carboxylic acids is 1. The van der Waals surface area contributed by atoms with Gasteiger partial charge in [0.05, 0.1) is 6.42 Å². The molecule has 1 rings (SSSR count). The molecule has 5 nitrogen and oxygen atoms in total. The van der Waals surface area contributed by atoms with Gasteiger partial charge in [-0.15, -0.1) is 0 Å². The van der Waals surface area contributed by atoms with Crippen LogP contribution >= 0.6 is 11.3 Å². The molecule has 0 aromatic carbocycles. The van der Waals surface area contributed by atoms with Gasteiger partial charge in [-0.1, -0.05) is 0 Å². The fourth-order valence-electron chi connectivity index (χ4n) is 1.51. The van der Waals surface area contributed by atoms with Crippen LogP contribution in [0.15, 0.2) is 16.8 Å². The van der Waals surface area contributed by atoms with E-state index in [2.05, 4.69) is 5.32 Å². The molecular weight excluding hydrogens is 254 g/mol. The highest BCUT2D eigenvalue weighted by Crippen LogP contribution is 2.11. The van der Waals surface area contributed by atoms with Crippen LogP contribution in [0.3, 0.4) is 0 Å². The van der Waals surface area contributed by atoms with E-state index in [1.54, 1.807) is 11.3 Å². The second-order valence-corrected chi connectivity index (χ2v) is 4.86. The van der Waals surface area contributed by atoms with Crippen molar-refractivity contribution in [1.29, 1.82) is 0 Å². The molecule has 0 bridgehead atoms. The van der Waals surface area contributed by atoms with Gasteiger partial charge in [-0.3, -0.25) is 9.59 Å². The lowest BCUT2D eigenvalue weighted by Crippen LogP contribution is -2.31. The standard InChI is InChI=1S/C12H17NO4S/c14-7-10(5-9-3-4-18-8-9)6-13-11(15)1-2-12(16)17/h3-4,8,10,14H,1-2,5-7H2,(H,13,15)(H,16,17). The van der Waals surface area contributed by atoms with Gasteiger partial charge in [0.15, 0.2) is 0 Å². The Hall–Kier alpha value is -1.40. The zero-order valence-electron chi connectivity index (χ0n) is 9.96. The molecule has 0 saturated carbocycles. The maximum absolute atomic E-state index is 11.3. The first-order valence-electron chi connectivity index (χ1n) is 5.72. The van der Waals surface area contributed by atoms with E-state index in [-0.39, 0.29) is 31.3 Å². The van der Waals surface area contributed by atoms with Gasteiger partial charge in [0.1, 0.15) is 0 Å². The predicted octanol–water partition coefficient (Wildman–Crippen LogP) is 0.880. The number of amides is 1. The molecule has 1 heterocycles. The molecule has 0 fully saturated rings. The van der Waals surface area contributed by atoms with Gasteiger partial charge in [0, 0.05) is 25.5 Å². The molecule has 1 unspecified atom stereocenters. The number of hydrogen-bond donors (Lipinski definition) is 3. The van der Waals surface area contributed by atoms with Gasteiger partial charge in [-0.05, 0) is 28.8 Å². The quantitative estimate of drug-likeness (QED) is 0.655. The second-order valence-electron chi connectivity index (χ2n) is 4.08. The average molecular weight is 271 g/mol. The first-order valence-corrected chi connectivity index (χ1v) is 6.66. The smallest absolute Gasteiger partial charge is 0.303 e. The van der Waals surface area contributed by atoms with Gasteiger partial charge in [0.2, 0.25) is 5.91 Å². The van der Waals surface area contributed by atoms with E-state index in [0.717, 1.165) is 5.56 Å². The Morgan fingerprint density at radius 2 is 2.17 bits per heavy atom. The summed E-state index contributed by atoms with van der Waals surface area (Å²) in [5.74, 6) is -1.31. The fourth-order valence-corrected chi connectivity index (χ4v) is 2.19. The third-order valence-corrected chi connectivity index (χ3v) is 3.25. The molecule has 0 aliphatic carbocycles. The number of nitrogens with one attached hydrogen (secondary N) is 1. The Morgan fingerprint density at radius 1 is 1.39 bits per heavy atom. The minimum atomic E-state index is -0.984. The zero-order valence-corrected chi connectivity index (χ0v) is 10.8. The molecule has 1 aromatic rings. The van der Waals surface area contributed by atoms with Crippen molar-refractivity contribution in [1.82, 2.24) is 5.32 Å². The lowest BCUT2D eigenvalue weighted by atomic mass is 10.0. The average Bonchev–Trinajstić information content (AvgIpc) is 2.84. The number of carboxylic acid groups (broad SMARTS) is 1. The molecule has 6 heteroatoms. The Kier molecular flexibility index (Phi) is 6.38. The molecule has 0 aliphatic heterocycles. The lowest BCUT2D eigenvalue weighted by Gasteiger charge is -2.14. The predicted molar refractivity (Wildman–Crippen MR) is 68.5 cm³/mol. The number of aliphatic carboxylic acids is 1. The largest absolute Gasteiger partial charge is 0.481 e. The van der Waals surface area contributed by atoms with Gasteiger partial charge in [-0.25, -0.2) is 0 Å². The van der Waals surface area contributed by atoms with E-state index in [9.17, 15) is 14.7 Å². The van der Waals surface area contributed by atoms with Gasteiger partial charge < -0.3 is 15.5 Å². The molecular formula is C12H17NO4S. The van der Waals surface area contributed by atoms with Crippen LogP contribution in [0.25, 0.3) is 0 Å². The van der Waals surface area contributed by atoms with Crippen molar-refractivity contribution in [2.45, 2.75) is 19.3 Å². The van der Waals surface area contributed by atoms with Crippen molar-refractivity contribution in [2.24, 2.45) is 5.92 Å². The van der Waals surface area contributed by atoms with Gasteiger partial charge >= 0.3 is 5.97 Å². The molecule has 1 aromatic heterocycles. The molecule has 0 radical (unpaired) electrons. The van der Waals surface area contributed by atoms with Crippen LogP contribution in [-0.4, -0.2) is 35.2 Å². The van der Waals surface area contributed by atoms with E-state index in [1.165, 1.54) is 0 Å². The summed E-state index contributed by atoms with van der Waals surface area (Å²) in [4.78, 5) is 21.6. The number of carboxylic acids is 1. The van der Waals surface area contributed by atoms with Gasteiger partial charge in [-0.2, -0.15) is 11.3 Å². The Balaban J connectivity index is 2.26. The Labute approximate surface area is 109 Å². The van der Waals surface area contributed by atoms with Crippen LogP contribution in [0.1, 0.15) is 18.4 Å². The summed E-state index contributed by atoms with van der Waals surface area (Å²) < 4.78 is 0. The maximum atomic E-state index is 11.3. The summed E-state index contributed by atoms with van der Waals surface area (Å²) >= 11 is 1.59. The third-order valence-electron chi connectivity index (χ3n) is 2.52. The number of carbonyl (C=O) groups is 2. The zero-order chi connectivity index (χ0) is 13.4. The highest BCUT2D eigenvalue weighted by molar-refractivity contribution is 7.07. The summed E-state index contributed by atoms with van der Waals surface area (Å²) in [6.45, 7) is 0.361. The maximum Gasteiger partial charge on any atom is 0.303 e. The van der Waals surface area contributed by atoms with Crippen molar-refractivity contribution in [3.63, 3.8) is 0 Å². The molecule has 0 spiro atoms. The highest BCUT2D eigenvalue weighted by atomic mass is 32.1. The summed E-state index contributed by atoms with van der Waals surface area (Å²) in [7, 11) is 0. The molecule has 1 amide bonds. The topological polar surface area (TPSA) is 86.6 Å². The van der Waals surface area contributed by atoms with Crippen LogP contribution in [0.4, 0.5) is 0 Å². The van der Waals surface area contributed by atoms with Crippen LogP contribution in [0.5, 0.6) is 0 Å². The van der Waals surface area contributed by atoms with Crippen LogP contribution in [-0.2, 0) is 16.0 Å². The molecule has 0 saturated heterocycles. The minimum Gasteiger partial charge on any atom is -0.481 e. The van der Waals surface area contributed by atoms with E-state index in [0.29, 0.717) is 13.0 Å². The molecule has 100 valence electrons. The second kappa shape index (κ2) is 7.84. The first kappa shape index (κ1) is 14.7. The molecule has 18 heavy (non-hydrogen) atoms. The molecule has 0 aliphatic rings. The number of hydrogen-bond acceptors (Lipinski definition) is 4. The summed E-state index contributed by atoms with van der Waals surface area (Å²) in [5, 5.41) is 24.3. The Bertz CT molecular complexity index is 377. The lowest BCUT2D eigenvalue weighted by molar-refractivity contribution is -0.138. The highest BCUT2D eigenvalue weighted by Gasteiger charge is 2.11. The van der Waals surface area contributed by atoms with Crippen molar-refractivity contribution < 1.29 is 19.8 Å². The fraction of sp³-hybridized carbons (Fsp3) is 0.500. The number of rotatable bonds is 8. The van der Waals surface area contributed by atoms with E-state index in [4.69, 9.17) is 5.11 Å². The van der Waals surface area contributed by atoms with Crippen LogP contribution in [0.2, 0.25) is 0 Å². The van der Waals surface area contributed by atoms with E-state index >= 15 is 0 Å². The third kappa shape index (κ3) is 5.79. The van der Waals surface area contributed by atoms with Crippen molar-refractivity contribution in [3.05, 3.63) is 22.4 Å². The summed E-state index contributed by atoms with van der Waals surface area (Å²) in [6.07, 6.45) is 0.519. The normalized spacial score (nSPS) is 12.1. The number of aliphatic hydroxyl groups is 1. The molecule has 1 atom stereocenters. The number of thiophene rings is 1. The van der Waals surface area contributed by atoms with Crippen molar-refractivity contribution in [2.75, 3.05) is 13.2 Å². The van der Waals surface area contributed by atoms with Gasteiger partial charge in [0.25, 0.3) is 0 Å². The minimum absolute atomic E-state index is 0.00490. The summed E-state index contributed by atoms with van der Waals surface area (Å²) in [5.41, 5.74) is 1.14.